The van der Waals surface area contributed by atoms with Crippen molar-refractivity contribution in [1.82, 2.24) is 9.80 Å². The number of benzene rings is 1. The molecule has 0 radical (unpaired) electrons. The van der Waals surface area contributed by atoms with Gasteiger partial charge in [0.25, 0.3) is 0 Å². The summed E-state index contributed by atoms with van der Waals surface area (Å²) in [6.07, 6.45) is -0.326. The molecule has 0 aliphatic carbocycles. The minimum absolute atomic E-state index is 0.0193. The Balaban J connectivity index is 1.73. The number of ether oxygens (including phenoxy) is 2. The second-order valence-corrected chi connectivity index (χ2v) is 7.61. The molecule has 0 aromatic heterocycles. The van der Waals surface area contributed by atoms with Crippen molar-refractivity contribution in [1.29, 1.82) is 0 Å². The smallest absolute Gasteiger partial charge is 0.410 e. The van der Waals surface area contributed by atoms with Gasteiger partial charge in [-0.05, 0) is 32.9 Å². The summed E-state index contributed by atoms with van der Waals surface area (Å²) in [6, 6.07) is 2.85. The fourth-order valence-corrected chi connectivity index (χ4v) is 3.24. The van der Waals surface area contributed by atoms with Gasteiger partial charge >= 0.3 is 6.09 Å². The monoisotopic (exact) mass is 356 g/mol. The molecule has 0 N–H and O–H groups in total. The molecule has 1 saturated heterocycles. The van der Waals surface area contributed by atoms with Gasteiger partial charge in [0.1, 0.15) is 23.8 Å². The van der Waals surface area contributed by atoms with Gasteiger partial charge in [-0.2, -0.15) is 0 Å². The van der Waals surface area contributed by atoms with Crippen LogP contribution < -0.4 is 4.74 Å². The Morgan fingerprint density at radius 1 is 1.38 bits per heavy atom. The third kappa shape index (κ3) is 3.59. The van der Waals surface area contributed by atoms with Crippen LogP contribution >= 0.6 is 11.6 Å². The lowest BCUT2D eigenvalue weighted by Gasteiger charge is -2.40. The standard InChI is InChI=1S/C17H22ClFN2O3/c1-17(2,3)24-16(22)21-7-6-20-9-12-14(19)5-4-13(18)15(12)23-10-11(20)8-21/h4-5,11H,6-10H2,1-3H3. The van der Waals surface area contributed by atoms with Crippen molar-refractivity contribution in [3.05, 3.63) is 28.5 Å². The maximum absolute atomic E-state index is 14.1. The van der Waals surface area contributed by atoms with E-state index in [9.17, 15) is 9.18 Å². The zero-order valence-electron chi connectivity index (χ0n) is 14.1. The minimum atomic E-state index is -0.527. The van der Waals surface area contributed by atoms with Crippen molar-refractivity contribution in [3.63, 3.8) is 0 Å². The van der Waals surface area contributed by atoms with Gasteiger partial charge in [-0.25, -0.2) is 9.18 Å². The molecule has 24 heavy (non-hydrogen) atoms. The van der Waals surface area contributed by atoms with Crippen LogP contribution in [0.2, 0.25) is 5.02 Å². The van der Waals surface area contributed by atoms with Gasteiger partial charge in [0.2, 0.25) is 0 Å². The Labute approximate surface area is 146 Å². The summed E-state index contributed by atoms with van der Waals surface area (Å²) >= 11 is 6.14. The predicted octanol–water partition coefficient (Wildman–Crippen LogP) is 3.29. The molecular formula is C17H22ClFN2O3. The number of hydrogen-bond donors (Lipinski definition) is 0. The predicted molar refractivity (Wildman–Crippen MR) is 88.9 cm³/mol. The van der Waals surface area contributed by atoms with Crippen molar-refractivity contribution < 1.29 is 18.7 Å². The minimum Gasteiger partial charge on any atom is -0.490 e. The Kier molecular flexibility index (Phi) is 4.62. The molecule has 5 nitrogen and oxygen atoms in total. The summed E-state index contributed by atoms with van der Waals surface area (Å²) < 4.78 is 25.3. The van der Waals surface area contributed by atoms with Gasteiger partial charge in [0.15, 0.2) is 0 Å². The summed E-state index contributed by atoms with van der Waals surface area (Å²) in [6.45, 7) is 7.99. The first-order valence-corrected chi connectivity index (χ1v) is 8.44. The first-order chi connectivity index (χ1) is 11.2. The van der Waals surface area contributed by atoms with Crippen molar-refractivity contribution in [2.24, 2.45) is 0 Å². The number of hydrogen-bond acceptors (Lipinski definition) is 4. The number of carbonyl (C=O) groups is 1. The van der Waals surface area contributed by atoms with Crippen LogP contribution in [0.4, 0.5) is 9.18 Å². The molecule has 1 amide bonds. The number of halogens is 2. The molecular weight excluding hydrogens is 335 g/mol. The zero-order valence-corrected chi connectivity index (χ0v) is 14.9. The van der Waals surface area contributed by atoms with E-state index in [4.69, 9.17) is 21.1 Å². The van der Waals surface area contributed by atoms with Crippen molar-refractivity contribution in [2.75, 3.05) is 26.2 Å². The summed E-state index contributed by atoms with van der Waals surface area (Å²) in [4.78, 5) is 16.1. The Bertz CT molecular complexity index is 647. The lowest BCUT2D eigenvalue weighted by molar-refractivity contribution is -0.00164. The van der Waals surface area contributed by atoms with E-state index >= 15 is 0 Å². The molecule has 1 aromatic rings. The van der Waals surface area contributed by atoms with Crippen LogP contribution in [0.25, 0.3) is 0 Å². The van der Waals surface area contributed by atoms with Gasteiger partial charge in [-0.1, -0.05) is 11.6 Å². The molecule has 1 unspecified atom stereocenters. The molecule has 1 fully saturated rings. The Hall–Kier alpha value is -1.53. The van der Waals surface area contributed by atoms with Gasteiger partial charge in [-0.15, -0.1) is 0 Å². The van der Waals surface area contributed by atoms with E-state index in [1.807, 2.05) is 20.8 Å². The van der Waals surface area contributed by atoms with Crippen LogP contribution in [0.1, 0.15) is 26.3 Å². The highest BCUT2D eigenvalue weighted by Crippen LogP contribution is 2.35. The number of amides is 1. The highest BCUT2D eigenvalue weighted by Gasteiger charge is 2.35. The number of piperazine rings is 1. The second kappa shape index (κ2) is 6.41. The molecule has 3 rings (SSSR count). The zero-order chi connectivity index (χ0) is 17.5. The van der Waals surface area contributed by atoms with E-state index in [1.165, 1.54) is 12.1 Å². The van der Waals surface area contributed by atoms with E-state index in [2.05, 4.69) is 4.90 Å². The van der Waals surface area contributed by atoms with Crippen molar-refractivity contribution in [2.45, 2.75) is 39.0 Å². The molecule has 2 aliphatic rings. The largest absolute Gasteiger partial charge is 0.490 e. The van der Waals surface area contributed by atoms with E-state index in [0.29, 0.717) is 49.1 Å². The summed E-state index contributed by atoms with van der Waals surface area (Å²) in [5.74, 6) is 0.0968. The highest BCUT2D eigenvalue weighted by molar-refractivity contribution is 6.32. The van der Waals surface area contributed by atoms with Gasteiger partial charge in [0.05, 0.1) is 11.1 Å². The normalized spacial score (nSPS) is 21.4. The van der Waals surface area contributed by atoms with Crippen LogP contribution in [-0.2, 0) is 11.3 Å². The number of fused-ring (bicyclic) bond motifs is 2. The first-order valence-electron chi connectivity index (χ1n) is 8.06. The molecule has 0 spiro atoms. The average molecular weight is 357 g/mol. The topological polar surface area (TPSA) is 42.0 Å². The fraction of sp³-hybridized carbons (Fsp3) is 0.588. The fourth-order valence-electron chi connectivity index (χ4n) is 3.01. The van der Waals surface area contributed by atoms with Crippen LogP contribution in [0, 0.1) is 5.82 Å². The number of nitrogens with zero attached hydrogens (tertiary/aromatic N) is 2. The third-order valence-corrected chi connectivity index (χ3v) is 4.49. The molecule has 2 aliphatic heterocycles. The molecule has 1 atom stereocenters. The average Bonchev–Trinajstić information content (AvgIpc) is 2.69. The lowest BCUT2D eigenvalue weighted by atomic mass is 10.1. The molecule has 0 bridgehead atoms. The van der Waals surface area contributed by atoms with Crippen molar-refractivity contribution in [3.8, 4) is 5.75 Å². The summed E-state index contributed by atoms with van der Waals surface area (Å²) in [5, 5.41) is 0.412. The lowest BCUT2D eigenvalue weighted by Crippen LogP contribution is -2.56. The maximum atomic E-state index is 14.1. The van der Waals surface area contributed by atoms with E-state index in [-0.39, 0.29) is 18.0 Å². The van der Waals surface area contributed by atoms with E-state index in [0.717, 1.165) is 0 Å². The molecule has 2 heterocycles. The number of carbonyl (C=O) groups excluding carboxylic acids is 1. The quantitative estimate of drug-likeness (QED) is 0.715. The van der Waals surface area contributed by atoms with Crippen LogP contribution in [0.5, 0.6) is 5.75 Å². The third-order valence-electron chi connectivity index (χ3n) is 4.19. The van der Waals surface area contributed by atoms with Gasteiger partial charge in [0, 0.05) is 31.7 Å². The van der Waals surface area contributed by atoms with Gasteiger partial charge in [-0.3, -0.25) is 4.90 Å². The van der Waals surface area contributed by atoms with Gasteiger partial charge < -0.3 is 14.4 Å². The van der Waals surface area contributed by atoms with E-state index in [1.54, 1.807) is 4.90 Å². The van der Waals surface area contributed by atoms with Crippen LogP contribution in [0.3, 0.4) is 0 Å². The Morgan fingerprint density at radius 2 is 2.12 bits per heavy atom. The summed E-state index contributed by atoms with van der Waals surface area (Å²) in [7, 11) is 0. The SMILES string of the molecule is CC(C)(C)OC(=O)N1CCN2Cc3c(F)ccc(Cl)c3OCC2C1. The summed E-state index contributed by atoms with van der Waals surface area (Å²) in [5.41, 5.74) is -0.0446. The first kappa shape index (κ1) is 17.3. The molecule has 7 heteroatoms. The van der Waals surface area contributed by atoms with Crippen molar-refractivity contribution >= 4 is 17.7 Å². The highest BCUT2D eigenvalue weighted by atomic mass is 35.5. The maximum Gasteiger partial charge on any atom is 0.410 e. The van der Waals surface area contributed by atoms with Crippen LogP contribution in [-0.4, -0.2) is 53.8 Å². The molecule has 1 aromatic carbocycles. The Morgan fingerprint density at radius 3 is 2.83 bits per heavy atom. The number of rotatable bonds is 0. The second-order valence-electron chi connectivity index (χ2n) is 7.20. The van der Waals surface area contributed by atoms with Crippen LogP contribution in [0.15, 0.2) is 12.1 Å². The molecule has 0 saturated carbocycles. The molecule has 132 valence electrons. The van der Waals surface area contributed by atoms with E-state index < -0.39 is 5.60 Å².